The molecule has 4 heteroatoms. The van der Waals surface area contributed by atoms with E-state index in [1.807, 2.05) is 20.0 Å². The number of hydrogen-bond acceptors (Lipinski definition) is 4. The third kappa shape index (κ3) is 1.88. The number of amidine groups is 1. The van der Waals surface area contributed by atoms with Gasteiger partial charge >= 0.3 is 0 Å². The molecule has 0 aliphatic carbocycles. The van der Waals surface area contributed by atoms with Crippen LogP contribution in [0.4, 0.5) is 0 Å². The summed E-state index contributed by atoms with van der Waals surface area (Å²) in [5, 5.41) is 0. The molecule has 12 heavy (non-hydrogen) atoms. The summed E-state index contributed by atoms with van der Waals surface area (Å²) in [5.41, 5.74) is 0.837. The van der Waals surface area contributed by atoms with Gasteiger partial charge in [-0.2, -0.15) is 0 Å². The molecule has 1 aliphatic heterocycles. The van der Waals surface area contributed by atoms with Crippen molar-refractivity contribution in [1.82, 2.24) is 4.90 Å². The van der Waals surface area contributed by atoms with E-state index in [0.29, 0.717) is 0 Å². The lowest BCUT2D eigenvalue weighted by atomic mass is 10.4. The Balaban J connectivity index is 2.72. The first kappa shape index (κ1) is 9.32. The fraction of sp³-hybridized carbons (Fsp3) is 0.500. The molecule has 0 N–H and O–H groups in total. The standard InChI is InChI=1S/C8H12N2OS/c1-3-7(12-6-11)8-9-4-5-10(8)2/h3,6H,4-5H2,1-2H3. The van der Waals surface area contributed by atoms with Gasteiger partial charge in [0.25, 0.3) is 0 Å². The first-order valence-electron chi connectivity index (χ1n) is 3.82. The average Bonchev–Trinajstić information content (AvgIpc) is 2.47. The Kier molecular flexibility index (Phi) is 3.34. The van der Waals surface area contributed by atoms with Crippen molar-refractivity contribution in [3.8, 4) is 0 Å². The van der Waals surface area contributed by atoms with Gasteiger partial charge in [-0.1, -0.05) is 17.8 Å². The van der Waals surface area contributed by atoms with Gasteiger partial charge in [0, 0.05) is 13.6 Å². The SMILES string of the molecule is CC=C(SC=O)C1=NCCN1C. The van der Waals surface area contributed by atoms with E-state index in [0.717, 1.165) is 29.4 Å². The number of carbonyl (C=O) groups excluding carboxylic acids is 1. The zero-order valence-electron chi connectivity index (χ0n) is 7.28. The number of hydrogen-bond donors (Lipinski definition) is 0. The largest absolute Gasteiger partial charge is 0.357 e. The van der Waals surface area contributed by atoms with Gasteiger partial charge < -0.3 is 4.90 Å². The molecule has 0 fully saturated rings. The summed E-state index contributed by atoms with van der Waals surface area (Å²) in [6, 6.07) is 0. The Hall–Kier alpha value is -0.770. The van der Waals surface area contributed by atoms with Crippen LogP contribution in [-0.4, -0.2) is 36.5 Å². The second-order valence-electron chi connectivity index (χ2n) is 2.49. The Morgan fingerprint density at radius 3 is 2.92 bits per heavy atom. The topological polar surface area (TPSA) is 32.7 Å². The van der Waals surface area contributed by atoms with Crippen LogP contribution in [0.2, 0.25) is 0 Å². The van der Waals surface area contributed by atoms with Crippen LogP contribution in [0, 0.1) is 0 Å². The Labute approximate surface area is 76.5 Å². The lowest BCUT2D eigenvalue weighted by Crippen LogP contribution is -2.23. The number of nitrogens with zero attached hydrogens (tertiary/aromatic N) is 2. The molecule has 0 bridgehead atoms. The van der Waals surface area contributed by atoms with Crippen LogP contribution < -0.4 is 0 Å². The molecule has 0 atom stereocenters. The molecular formula is C8H12N2OS. The highest BCUT2D eigenvalue weighted by atomic mass is 32.2. The molecule has 1 heterocycles. The maximum Gasteiger partial charge on any atom is 0.181 e. The monoisotopic (exact) mass is 184 g/mol. The van der Waals surface area contributed by atoms with Crippen LogP contribution in [0.25, 0.3) is 0 Å². The zero-order valence-corrected chi connectivity index (χ0v) is 8.10. The van der Waals surface area contributed by atoms with Gasteiger partial charge in [-0.25, -0.2) is 0 Å². The molecule has 3 nitrogen and oxygen atoms in total. The van der Waals surface area contributed by atoms with Crippen molar-refractivity contribution in [1.29, 1.82) is 0 Å². The van der Waals surface area contributed by atoms with Gasteiger partial charge in [0.05, 0.1) is 11.4 Å². The van der Waals surface area contributed by atoms with E-state index in [9.17, 15) is 4.79 Å². The summed E-state index contributed by atoms with van der Waals surface area (Å²) in [6.45, 7) is 3.70. The quantitative estimate of drug-likeness (QED) is 0.617. The first-order valence-corrected chi connectivity index (χ1v) is 4.70. The molecule has 0 radical (unpaired) electrons. The fourth-order valence-electron chi connectivity index (χ4n) is 1.10. The van der Waals surface area contributed by atoms with Crippen LogP contribution in [-0.2, 0) is 4.79 Å². The normalized spacial score (nSPS) is 18.0. The van der Waals surface area contributed by atoms with E-state index in [1.54, 1.807) is 0 Å². The van der Waals surface area contributed by atoms with Crippen molar-refractivity contribution < 1.29 is 4.79 Å². The number of likely N-dealkylation sites (N-methyl/N-ethyl adjacent to an activating group) is 1. The predicted octanol–water partition coefficient (Wildman–Crippen LogP) is 1.16. The second kappa shape index (κ2) is 4.30. The molecule has 1 rings (SSSR count). The van der Waals surface area contributed by atoms with Gasteiger partial charge in [-0.3, -0.25) is 9.79 Å². The smallest absolute Gasteiger partial charge is 0.181 e. The molecule has 66 valence electrons. The molecule has 0 unspecified atom stereocenters. The van der Waals surface area contributed by atoms with E-state index < -0.39 is 0 Å². The third-order valence-electron chi connectivity index (χ3n) is 1.72. The van der Waals surface area contributed by atoms with Crippen LogP contribution >= 0.6 is 11.8 Å². The van der Waals surface area contributed by atoms with Crippen LogP contribution in [0.5, 0.6) is 0 Å². The summed E-state index contributed by atoms with van der Waals surface area (Å²) in [7, 11) is 1.99. The van der Waals surface area contributed by atoms with Crippen LogP contribution in [0.1, 0.15) is 6.92 Å². The lowest BCUT2D eigenvalue weighted by molar-refractivity contribution is 0.557. The number of rotatable bonds is 3. The zero-order chi connectivity index (χ0) is 8.97. The molecule has 0 aromatic carbocycles. The van der Waals surface area contributed by atoms with Crippen molar-refractivity contribution in [3.05, 3.63) is 11.0 Å². The molecule has 0 amide bonds. The van der Waals surface area contributed by atoms with Gasteiger partial charge in [0.15, 0.2) is 5.62 Å². The maximum absolute atomic E-state index is 10.3. The molecule has 0 saturated carbocycles. The Morgan fingerprint density at radius 1 is 1.75 bits per heavy atom. The van der Waals surface area contributed by atoms with E-state index in [-0.39, 0.29) is 0 Å². The van der Waals surface area contributed by atoms with E-state index >= 15 is 0 Å². The summed E-state index contributed by atoms with van der Waals surface area (Å²) in [4.78, 5) is 17.6. The summed E-state index contributed by atoms with van der Waals surface area (Å²) < 4.78 is 0. The maximum atomic E-state index is 10.3. The fourth-order valence-corrected chi connectivity index (χ4v) is 1.67. The lowest BCUT2D eigenvalue weighted by Gasteiger charge is -2.13. The molecular weight excluding hydrogens is 172 g/mol. The van der Waals surface area contributed by atoms with Crippen LogP contribution in [0.15, 0.2) is 16.0 Å². The van der Waals surface area contributed by atoms with E-state index in [4.69, 9.17) is 0 Å². The number of thioether (sulfide) groups is 1. The van der Waals surface area contributed by atoms with Gasteiger partial charge in [0.2, 0.25) is 0 Å². The highest BCUT2D eigenvalue weighted by Gasteiger charge is 2.16. The summed E-state index contributed by atoms with van der Waals surface area (Å²) in [5.74, 6) is 0.939. The average molecular weight is 184 g/mol. The third-order valence-corrected chi connectivity index (χ3v) is 2.48. The Bertz CT molecular complexity index is 235. The molecule has 0 aromatic rings. The van der Waals surface area contributed by atoms with Crippen molar-refractivity contribution >= 4 is 23.2 Å². The van der Waals surface area contributed by atoms with Gasteiger partial charge in [0.1, 0.15) is 5.84 Å². The minimum atomic E-state index is 0.836. The molecule has 0 saturated heterocycles. The number of allylic oxidation sites excluding steroid dienone is 1. The minimum Gasteiger partial charge on any atom is -0.357 e. The van der Waals surface area contributed by atoms with Crippen molar-refractivity contribution in [3.63, 3.8) is 0 Å². The molecule has 0 aromatic heterocycles. The first-order chi connectivity index (χ1) is 5.79. The number of aliphatic imine (C=N–C) groups is 1. The van der Waals surface area contributed by atoms with Crippen molar-refractivity contribution in [2.75, 3.05) is 20.1 Å². The van der Waals surface area contributed by atoms with Crippen molar-refractivity contribution in [2.24, 2.45) is 4.99 Å². The highest BCUT2D eigenvalue weighted by molar-refractivity contribution is 8.16. The molecule has 0 spiro atoms. The van der Waals surface area contributed by atoms with Gasteiger partial charge in [-0.05, 0) is 6.92 Å². The predicted molar refractivity (Wildman–Crippen MR) is 53.0 cm³/mol. The second-order valence-corrected chi connectivity index (χ2v) is 3.36. The summed E-state index contributed by atoms with van der Waals surface area (Å²) >= 11 is 1.19. The minimum absolute atomic E-state index is 0.836. The van der Waals surface area contributed by atoms with Crippen molar-refractivity contribution in [2.45, 2.75) is 6.92 Å². The Morgan fingerprint density at radius 2 is 2.50 bits per heavy atom. The molecule has 1 aliphatic rings. The number of carbonyl (C=O) groups is 1. The van der Waals surface area contributed by atoms with Gasteiger partial charge in [-0.15, -0.1) is 0 Å². The van der Waals surface area contributed by atoms with E-state index in [2.05, 4.69) is 9.89 Å². The van der Waals surface area contributed by atoms with Crippen LogP contribution in [0.3, 0.4) is 0 Å². The highest BCUT2D eigenvalue weighted by Crippen LogP contribution is 2.18. The van der Waals surface area contributed by atoms with E-state index in [1.165, 1.54) is 11.8 Å². The summed E-state index contributed by atoms with van der Waals surface area (Å²) in [6.07, 6.45) is 1.92.